The van der Waals surface area contributed by atoms with E-state index in [0.717, 1.165) is 0 Å². The fourth-order valence-corrected chi connectivity index (χ4v) is 8.95. The number of methoxy groups -OCH3 is 4. The van der Waals surface area contributed by atoms with Crippen molar-refractivity contribution in [3.8, 4) is 0 Å². The summed E-state index contributed by atoms with van der Waals surface area (Å²) in [4.78, 5) is 39.8. The van der Waals surface area contributed by atoms with Crippen LogP contribution in [0.15, 0.2) is 10.2 Å². The van der Waals surface area contributed by atoms with Gasteiger partial charge < -0.3 is 61.9 Å². The first-order valence-corrected chi connectivity index (χ1v) is 20.2. The number of esters is 2. The highest BCUT2D eigenvalue weighted by atomic mass is 127. The molecule has 5 aliphatic rings. The maximum atomic E-state index is 13.9. The van der Waals surface area contributed by atoms with Gasteiger partial charge in [-0.05, 0) is 23.5 Å². The van der Waals surface area contributed by atoms with E-state index in [-0.39, 0.29) is 25.9 Å². The highest BCUT2D eigenvalue weighted by Gasteiger charge is 2.57. The molecule has 0 saturated carbocycles. The van der Waals surface area contributed by atoms with Crippen LogP contribution in [0, 0.1) is 17.3 Å². The SMILES string of the molecule is COC1C(C)O[C@@H](O[C@@H]2[C@H](OC)C(O[C@H]3C[C@H]4CC(=O)C5(O)OC(C[C@H]5C)C(C)(C)[C@@H](/C=C/I)OC(=O)C[C@H](O4)[C@@H]3C)OC[C@H]2OC(C)=O)[C@@H](OC)[C@H]1OC. The molecule has 5 heterocycles. The van der Waals surface area contributed by atoms with E-state index < -0.39 is 127 Å². The van der Waals surface area contributed by atoms with Gasteiger partial charge in [0, 0.05) is 65.5 Å². The lowest BCUT2D eigenvalue weighted by molar-refractivity contribution is -0.358. The molecule has 17 heteroatoms. The fourth-order valence-electron chi connectivity index (χ4n) is 8.58. The van der Waals surface area contributed by atoms with E-state index in [2.05, 4.69) is 22.6 Å². The summed E-state index contributed by atoms with van der Waals surface area (Å²) < 4.78 is 74.9. The van der Waals surface area contributed by atoms with Gasteiger partial charge in [0.2, 0.25) is 5.79 Å². The van der Waals surface area contributed by atoms with E-state index in [1.165, 1.54) is 21.1 Å². The number of halogens is 1. The summed E-state index contributed by atoms with van der Waals surface area (Å²) in [6, 6.07) is 0. The number of aliphatic hydroxyl groups is 1. The number of carbonyl (C=O) groups is 3. The van der Waals surface area contributed by atoms with Crippen LogP contribution in [0.5, 0.6) is 0 Å². The van der Waals surface area contributed by atoms with Gasteiger partial charge in [0.25, 0.3) is 0 Å². The summed E-state index contributed by atoms with van der Waals surface area (Å²) in [6.45, 7) is 10.5. The Kier molecular flexibility index (Phi) is 15.2. The second-order valence-corrected chi connectivity index (χ2v) is 16.6. The zero-order chi connectivity index (χ0) is 40.4. The van der Waals surface area contributed by atoms with Gasteiger partial charge in [-0.2, -0.15) is 0 Å². The smallest absolute Gasteiger partial charge is 0.309 e. The molecule has 5 saturated heterocycles. The highest BCUT2D eigenvalue weighted by Crippen LogP contribution is 2.46. The van der Waals surface area contributed by atoms with Crippen molar-refractivity contribution in [2.45, 2.75) is 159 Å². The fraction of sp³-hybridized carbons (Fsp3) is 0.868. The first-order valence-electron chi connectivity index (χ1n) is 18.9. The maximum absolute atomic E-state index is 13.9. The molecule has 5 aliphatic heterocycles. The number of ether oxygens (including phenoxy) is 12. The molecule has 1 N–H and O–H groups in total. The van der Waals surface area contributed by atoms with Crippen LogP contribution in [-0.4, -0.2) is 149 Å². The average Bonchev–Trinajstić information content (AvgIpc) is 3.45. The molecule has 0 aliphatic carbocycles. The molecular weight excluding hydrogens is 839 g/mol. The maximum Gasteiger partial charge on any atom is 0.309 e. The molecule has 16 nitrogen and oxygen atoms in total. The Morgan fingerprint density at radius 3 is 2.13 bits per heavy atom. The third-order valence-electron chi connectivity index (χ3n) is 12.0. The van der Waals surface area contributed by atoms with E-state index in [0.29, 0.717) is 6.42 Å². The van der Waals surface area contributed by atoms with E-state index in [1.807, 2.05) is 27.7 Å². The molecule has 0 aromatic rings. The minimum absolute atomic E-state index is 0.108. The molecule has 0 radical (unpaired) electrons. The monoisotopic (exact) mass is 898 g/mol. The zero-order valence-electron chi connectivity index (χ0n) is 33.4. The predicted octanol–water partition coefficient (Wildman–Crippen LogP) is 3.01. The largest absolute Gasteiger partial charge is 0.457 e. The molecule has 5 fully saturated rings. The molecule has 55 heavy (non-hydrogen) atoms. The number of carbonyl (C=O) groups excluding carboxylic acids is 3. The van der Waals surface area contributed by atoms with Crippen molar-refractivity contribution in [1.82, 2.24) is 0 Å². The molecule has 0 aromatic heterocycles. The number of fused-ring (bicyclic) bond motifs is 4. The van der Waals surface area contributed by atoms with Crippen molar-refractivity contribution in [3.05, 3.63) is 10.2 Å². The Bertz CT molecular complexity index is 1360. The van der Waals surface area contributed by atoms with Gasteiger partial charge in [-0.15, -0.1) is 0 Å². The van der Waals surface area contributed by atoms with Crippen molar-refractivity contribution in [2.75, 3.05) is 35.0 Å². The topological polar surface area (TPSA) is 182 Å². The summed E-state index contributed by atoms with van der Waals surface area (Å²) in [5.74, 6) is -4.52. The van der Waals surface area contributed by atoms with Gasteiger partial charge in [-0.1, -0.05) is 50.3 Å². The molecule has 4 bridgehead atoms. The lowest BCUT2D eigenvalue weighted by Gasteiger charge is -2.48. The third kappa shape index (κ3) is 9.43. The summed E-state index contributed by atoms with van der Waals surface area (Å²) >= 11 is 2.07. The molecule has 0 spiro atoms. The van der Waals surface area contributed by atoms with Gasteiger partial charge >= 0.3 is 11.9 Å². The molecule has 0 aromatic carbocycles. The first kappa shape index (κ1) is 44.7. The predicted molar refractivity (Wildman–Crippen MR) is 200 cm³/mol. The average molecular weight is 899 g/mol. The number of cyclic esters (lactones) is 1. The van der Waals surface area contributed by atoms with Gasteiger partial charge in [-0.3, -0.25) is 14.4 Å². The molecule has 314 valence electrons. The minimum Gasteiger partial charge on any atom is -0.457 e. The number of rotatable bonds is 10. The Labute approximate surface area is 336 Å². The molecule has 5 unspecified atom stereocenters. The van der Waals surface area contributed by atoms with Crippen molar-refractivity contribution < 1.29 is 76.3 Å². The van der Waals surface area contributed by atoms with Crippen molar-refractivity contribution in [2.24, 2.45) is 17.3 Å². The van der Waals surface area contributed by atoms with E-state index in [4.69, 9.17) is 56.8 Å². The van der Waals surface area contributed by atoms with Gasteiger partial charge in [-0.25, -0.2) is 0 Å². The summed E-state index contributed by atoms with van der Waals surface area (Å²) in [5.41, 5.74) is -0.770. The van der Waals surface area contributed by atoms with Crippen LogP contribution >= 0.6 is 22.6 Å². The quantitative estimate of drug-likeness (QED) is 0.249. The van der Waals surface area contributed by atoms with Crippen LogP contribution in [0.3, 0.4) is 0 Å². The van der Waals surface area contributed by atoms with Crippen molar-refractivity contribution in [3.63, 3.8) is 0 Å². The Morgan fingerprint density at radius 2 is 1.51 bits per heavy atom. The Balaban J connectivity index is 1.42. The minimum atomic E-state index is -2.05. The Morgan fingerprint density at radius 1 is 0.855 bits per heavy atom. The van der Waals surface area contributed by atoms with Crippen LogP contribution in [0.1, 0.15) is 67.2 Å². The molecular formula is C38H59IO16. The zero-order valence-corrected chi connectivity index (χ0v) is 35.5. The van der Waals surface area contributed by atoms with Gasteiger partial charge in [0.05, 0.1) is 43.5 Å². The summed E-state index contributed by atoms with van der Waals surface area (Å²) in [7, 11) is 6.08. The van der Waals surface area contributed by atoms with Crippen LogP contribution in [-0.2, 0) is 71.2 Å². The number of hydrogen-bond donors (Lipinski definition) is 1. The molecule has 0 amide bonds. The molecule has 5 rings (SSSR count). The number of hydrogen-bond acceptors (Lipinski definition) is 16. The van der Waals surface area contributed by atoms with Crippen molar-refractivity contribution >= 4 is 40.3 Å². The standard InChI is InChI=1S/C38H59IO16/c1-18-13-28-37(5,6)27(11-12-39)53-29(42)16-24-19(2)23(14-22(51-24)15-26(41)38(18,43)55-28)52-35-33(46-9)31(25(17-48-35)50-21(4)40)54-36-34(47-10)32(45-8)30(44-7)20(3)49-36/h11-12,18-20,22-25,27-28,30-36,43H,13-17H2,1-10H3/b12-11+/t18-,19-,20?,22+,23+,24+,25-,27-,28?,30?,31+,32+,33+,34+,35?,36+,38?/m1/s1. The third-order valence-corrected chi connectivity index (χ3v) is 12.4. The highest BCUT2D eigenvalue weighted by molar-refractivity contribution is 14.1. The number of ketones is 1. The lowest BCUT2D eigenvalue weighted by Crippen LogP contribution is -2.64. The van der Waals surface area contributed by atoms with Crippen LogP contribution in [0.2, 0.25) is 0 Å². The van der Waals surface area contributed by atoms with E-state index >= 15 is 0 Å². The lowest BCUT2D eigenvalue weighted by atomic mass is 9.77. The first-order chi connectivity index (χ1) is 26.0. The number of Topliss-reactive ketones (excluding diaryl/α,β-unsaturated/α-hetero) is 1. The molecule has 17 atom stereocenters. The van der Waals surface area contributed by atoms with Gasteiger partial charge in [0.1, 0.15) is 36.6 Å². The normalized spacial score (nSPS) is 45.3. The van der Waals surface area contributed by atoms with Crippen LogP contribution < -0.4 is 0 Å². The van der Waals surface area contributed by atoms with Crippen molar-refractivity contribution in [1.29, 1.82) is 0 Å². The second kappa shape index (κ2) is 18.7. The van der Waals surface area contributed by atoms with Crippen LogP contribution in [0.25, 0.3) is 0 Å². The van der Waals surface area contributed by atoms with Gasteiger partial charge in [0.15, 0.2) is 24.5 Å². The Hall–Kier alpha value is -1.36. The van der Waals surface area contributed by atoms with Crippen LogP contribution in [0.4, 0.5) is 0 Å². The summed E-state index contributed by atoms with van der Waals surface area (Å²) in [6.07, 6.45) is -8.37. The van der Waals surface area contributed by atoms with E-state index in [1.54, 1.807) is 31.3 Å². The summed E-state index contributed by atoms with van der Waals surface area (Å²) in [5, 5.41) is 11.7. The second-order valence-electron chi connectivity index (χ2n) is 15.8. The van der Waals surface area contributed by atoms with E-state index in [9.17, 15) is 19.5 Å².